The average Bonchev–Trinajstić information content (AvgIpc) is 2.47. The van der Waals surface area contributed by atoms with E-state index in [1.165, 1.54) is 0 Å². The third kappa shape index (κ3) is 7.32. The highest BCUT2D eigenvalue weighted by Crippen LogP contribution is 2.24. The molecule has 0 unspecified atom stereocenters. The molecule has 0 aliphatic carbocycles. The molecule has 1 aromatic carbocycles. The lowest BCUT2D eigenvalue weighted by Crippen LogP contribution is -2.19. The highest BCUT2D eigenvalue weighted by atomic mass is 16.5. The van der Waals surface area contributed by atoms with Crippen molar-refractivity contribution in [2.24, 2.45) is 5.92 Å². The fourth-order valence-corrected chi connectivity index (χ4v) is 1.83. The van der Waals surface area contributed by atoms with Crippen LogP contribution in [0, 0.1) is 5.92 Å². The minimum absolute atomic E-state index is 0.0346. The van der Waals surface area contributed by atoms with Gasteiger partial charge in [0.1, 0.15) is 18.1 Å². The van der Waals surface area contributed by atoms with Crippen LogP contribution >= 0.6 is 0 Å². The Kier molecular flexibility index (Phi) is 8.82. The van der Waals surface area contributed by atoms with Gasteiger partial charge in [0.05, 0.1) is 26.9 Å². The molecule has 0 radical (unpaired) electrons. The van der Waals surface area contributed by atoms with Gasteiger partial charge in [-0.1, -0.05) is 13.8 Å². The van der Waals surface area contributed by atoms with Crippen molar-refractivity contribution in [2.75, 3.05) is 40.1 Å². The molecule has 0 spiro atoms. The second-order valence-corrected chi connectivity index (χ2v) is 5.18. The first-order chi connectivity index (χ1) is 10.2. The molecule has 0 atom stereocenters. The van der Waals surface area contributed by atoms with E-state index in [9.17, 15) is 0 Å². The Balaban J connectivity index is 2.54. The fraction of sp³-hybridized carbons (Fsp3) is 0.625. The Morgan fingerprint density at radius 2 is 2.00 bits per heavy atom. The van der Waals surface area contributed by atoms with Gasteiger partial charge in [0.2, 0.25) is 0 Å². The van der Waals surface area contributed by atoms with E-state index >= 15 is 0 Å². The van der Waals surface area contributed by atoms with Gasteiger partial charge >= 0.3 is 0 Å². The van der Waals surface area contributed by atoms with E-state index < -0.39 is 0 Å². The summed E-state index contributed by atoms with van der Waals surface area (Å²) in [4.78, 5) is 0. The van der Waals surface area contributed by atoms with Crippen LogP contribution in [0.15, 0.2) is 18.2 Å². The molecule has 0 bridgehead atoms. The fourth-order valence-electron chi connectivity index (χ4n) is 1.83. The summed E-state index contributed by atoms with van der Waals surface area (Å²) in [5.74, 6) is 2.26. The Bertz CT molecular complexity index is 396. The largest absolute Gasteiger partial charge is 0.497 e. The minimum atomic E-state index is 0.0346. The lowest BCUT2D eigenvalue weighted by molar-refractivity contribution is 0.0702. The maximum absolute atomic E-state index is 8.64. The van der Waals surface area contributed by atoms with Gasteiger partial charge in [-0.25, -0.2) is 0 Å². The highest BCUT2D eigenvalue weighted by molar-refractivity contribution is 5.40. The van der Waals surface area contributed by atoms with Crippen LogP contribution in [0.25, 0.3) is 0 Å². The number of hydrogen-bond donors (Lipinski definition) is 2. The number of ether oxygens (including phenoxy) is 3. The van der Waals surface area contributed by atoms with Crippen LogP contribution in [-0.4, -0.2) is 45.2 Å². The van der Waals surface area contributed by atoms with Crippen LogP contribution in [0.2, 0.25) is 0 Å². The number of nitrogens with one attached hydrogen (secondary N) is 1. The molecule has 0 aliphatic rings. The smallest absolute Gasteiger partial charge is 0.124 e. The van der Waals surface area contributed by atoms with E-state index in [0.29, 0.717) is 25.7 Å². The molecule has 5 nitrogen and oxygen atoms in total. The van der Waals surface area contributed by atoms with Crippen molar-refractivity contribution in [1.82, 2.24) is 5.32 Å². The van der Waals surface area contributed by atoms with E-state index in [1.807, 2.05) is 18.2 Å². The molecule has 0 saturated heterocycles. The zero-order valence-corrected chi connectivity index (χ0v) is 13.2. The summed E-state index contributed by atoms with van der Waals surface area (Å²) in [5, 5.41) is 12.0. The first-order valence-corrected chi connectivity index (χ1v) is 7.36. The van der Waals surface area contributed by atoms with Crippen LogP contribution < -0.4 is 14.8 Å². The Morgan fingerprint density at radius 1 is 1.19 bits per heavy atom. The first kappa shape index (κ1) is 17.8. The van der Waals surface area contributed by atoms with Gasteiger partial charge < -0.3 is 24.6 Å². The standard InChI is InChI=1S/C16H27NO4/c1-13(2)11-17-12-14-10-15(19-3)4-5-16(14)21-9-8-20-7-6-18/h4-5,10,13,17-18H,6-9,11-12H2,1-3H3. The quantitative estimate of drug-likeness (QED) is 0.610. The zero-order valence-electron chi connectivity index (χ0n) is 13.2. The Morgan fingerprint density at radius 3 is 2.67 bits per heavy atom. The monoisotopic (exact) mass is 297 g/mol. The molecular weight excluding hydrogens is 270 g/mol. The van der Waals surface area contributed by atoms with Gasteiger partial charge in [-0.15, -0.1) is 0 Å². The molecular formula is C16H27NO4. The maximum Gasteiger partial charge on any atom is 0.124 e. The normalized spacial score (nSPS) is 10.9. The third-order valence-corrected chi connectivity index (χ3v) is 2.86. The summed E-state index contributed by atoms with van der Waals surface area (Å²) >= 11 is 0. The second kappa shape index (κ2) is 10.4. The van der Waals surface area contributed by atoms with Crippen molar-refractivity contribution in [3.63, 3.8) is 0 Å². The summed E-state index contributed by atoms with van der Waals surface area (Å²) in [5.41, 5.74) is 1.07. The van der Waals surface area contributed by atoms with Gasteiger partial charge in [0.15, 0.2) is 0 Å². The van der Waals surface area contributed by atoms with Crippen molar-refractivity contribution in [1.29, 1.82) is 0 Å². The summed E-state index contributed by atoms with van der Waals surface area (Å²) in [6.07, 6.45) is 0. The molecule has 120 valence electrons. The topological polar surface area (TPSA) is 60.0 Å². The van der Waals surface area contributed by atoms with Crippen molar-refractivity contribution in [3.05, 3.63) is 23.8 Å². The second-order valence-electron chi connectivity index (χ2n) is 5.18. The predicted octanol–water partition coefficient (Wildman–Crippen LogP) is 1.83. The summed E-state index contributed by atoms with van der Waals surface area (Å²) in [7, 11) is 1.66. The molecule has 5 heteroatoms. The van der Waals surface area contributed by atoms with E-state index in [1.54, 1.807) is 7.11 Å². The van der Waals surface area contributed by atoms with Crippen LogP contribution in [0.1, 0.15) is 19.4 Å². The Labute approximate surface area is 127 Å². The van der Waals surface area contributed by atoms with Crippen LogP contribution in [0.4, 0.5) is 0 Å². The number of aliphatic hydroxyl groups excluding tert-OH is 1. The molecule has 21 heavy (non-hydrogen) atoms. The molecule has 0 saturated carbocycles. The van der Waals surface area contributed by atoms with Crippen LogP contribution in [0.5, 0.6) is 11.5 Å². The molecule has 2 N–H and O–H groups in total. The molecule has 0 heterocycles. The van der Waals surface area contributed by atoms with E-state index in [0.717, 1.165) is 30.2 Å². The molecule has 1 rings (SSSR count). The third-order valence-electron chi connectivity index (χ3n) is 2.86. The van der Waals surface area contributed by atoms with Gasteiger partial charge in [0.25, 0.3) is 0 Å². The average molecular weight is 297 g/mol. The first-order valence-electron chi connectivity index (χ1n) is 7.36. The van der Waals surface area contributed by atoms with Crippen LogP contribution in [0.3, 0.4) is 0 Å². The molecule has 0 aromatic heterocycles. The van der Waals surface area contributed by atoms with Crippen molar-refractivity contribution in [2.45, 2.75) is 20.4 Å². The molecule has 1 aromatic rings. The maximum atomic E-state index is 8.64. The number of methoxy groups -OCH3 is 1. The van der Waals surface area contributed by atoms with Gasteiger partial charge in [-0.05, 0) is 30.7 Å². The number of benzene rings is 1. The number of hydrogen-bond acceptors (Lipinski definition) is 5. The SMILES string of the molecule is COc1ccc(OCCOCCO)c(CNCC(C)C)c1. The summed E-state index contributed by atoms with van der Waals surface area (Å²) in [6.45, 7) is 7.35. The van der Waals surface area contributed by atoms with E-state index in [-0.39, 0.29) is 6.61 Å². The summed E-state index contributed by atoms with van der Waals surface area (Å²) < 4.78 is 16.2. The zero-order chi connectivity index (χ0) is 15.5. The van der Waals surface area contributed by atoms with Crippen molar-refractivity contribution in [3.8, 4) is 11.5 Å². The molecule has 0 aliphatic heterocycles. The number of rotatable bonds is 11. The minimum Gasteiger partial charge on any atom is -0.497 e. The van der Waals surface area contributed by atoms with Crippen molar-refractivity contribution < 1.29 is 19.3 Å². The van der Waals surface area contributed by atoms with Crippen molar-refractivity contribution >= 4 is 0 Å². The van der Waals surface area contributed by atoms with E-state index in [2.05, 4.69) is 19.2 Å². The van der Waals surface area contributed by atoms with E-state index in [4.69, 9.17) is 19.3 Å². The van der Waals surface area contributed by atoms with Crippen LogP contribution in [-0.2, 0) is 11.3 Å². The Hall–Kier alpha value is -1.30. The predicted molar refractivity (Wildman–Crippen MR) is 82.9 cm³/mol. The van der Waals surface area contributed by atoms with Gasteiger partial charge in [-0.2, -0.15) is 0 Å². The number of aliphatic hydroxyl groups is 1. The lowest BCUT2D eigenvalue weighted by Gasteiger charge is -2.14. The van der Waals surface area contributed by atoms with Gasteiger partial charge in [-0.3, -0.25) is 0 Å². The van der Waals surface area contributed by atoms with Gasteiger partial charge in [0, 0.05) is 12.1 Å². The lowest BCUT2D eigenvalue weighted by atomic mass is 10.1. The highest BCUT2D eigenvalue weighted by Gasteiger charge is 2.06. The summed E-state index contributed by atoms with van der Waals surface area (Å²) in [6, 6.07) is 5.78. The molecule has 0 fully saturated rings. The molecule has 0 amide bonds.